The van der Waals surface area contributed by atoms with E-state index in [0.29, 0.717) is 10.9 Å². The molecular weight excluding hydrogens is 287 g/mol. The first-order valence-electron chi connectivity index (χ1n) is 7.99. The van der Waals surface area contributed by atoms with Crippen molar-refractivity contribution in [3.63, 3.8) is 0 Å². The normalized spacial score (nSPS) is 24.0. The van der Waals surface area contributed by atoms with Gasteiger partial charge in [-0.3, -0.25) is 4.90 Å². The Morgan fingerprint density at radius 1 is 1.38 bits per heavy atom. The molecule has 21 heavy (non-hydrogen) atoms. The molecule has 0 amide bonds. The van der Waals surface area contributed by atoms with E-state index in [1.54, 1.807) is 6.07 Å². The highest BCUT2D eigenvalue weighted by Gasteiger charge is 2.30. The zero-order chi connectivity index (χ0) is 15.2. The second kappa shape index (κ2) is 8.11. The highest BCUT2D eigenvalue weighted by molar-refractivity contribution is 6.30. The Morgan fingerprint density at radius 3 is 2.90 bits per heavy atom. The Labute approximate surface area is 132 Å². The molecule has 0 radical (unpaired) electrons. The average molecular weight is 313 g/mol. The second-order valence-corrected chi connectivity index (χ2v) is 6.49. The number of rotatable bonds is 5. The van der Waals surface area contributed by atoms with Crippen molar-refractivity contribution in [2.45, 2.75) is 38.6 Å². The van der Waals surface area contributed by atoms with Gasteiger partial charge >= 0.3 is 0 Å². The highest BCUT2D eigenvalue weighted by atomic mass is 35.5. The molecule has 1 N–H and O–H groups in total. The Hall–Kier alpha value is -0.640. The molecule has 2 nitrogen and oxygen atoms in total. The minimum Gasteiger partial charge on any atom is -0.316 e. The van der Waals surface area contributed by atoms with E-state index in [9.17, 15) is 4.39 Å². The first-order chi connectivity index (χ1) is 10.1. The van der Waals surface area contributed by atoms with Gasteiger partial charge in [0.25, 0.3) is 0 Å². The molecule has 0 aromatic heterocycles. The van der Waals surface area contributed by atoms with Crippen molar-refractivity contribution in [3.8, 4) is 0 Å². The van der Waals surface area contributed by atoms with Crippen molar-refractivity contribution in [1.82, 2.24) is 10.2 Å². The van der Waals surface area contributed by atoms with Crippen molar-refractivity contribution in [2.24, 2.45) is 5.92 Å². The van der Waals surface area contributed by atoms with Gasteiger partial charge < -0.3 is 5.32 Å². The van der Waals surface area contributed by atoms with Crippen molar-refractivity contribution in [1.29, 1.82) is 0 Å². The van der Waals surface area contributed by atoms with Gasteiger partial charge in [-0.05, 0) is 64.0 Å². The monoisotopic (exact) mass is 312 g/mol. The van der Waals surface area contributed by atoms with Crippen LogP contribution in [0.3, 0.4) is 0 Å². The number of hydrogen-bond acceptors (Lipinski definition) is 2. The third kappa shape index (κ3) is 4.41. The lowest BCUT2D eigenvalue weighted by Gasteiger charge is -2.33. The topological polar surface area (TPSA) is 15.3 Å². The number of likely N-dealkylation sites (tertiary alicyclic amines) is 1. The van der Waals surface area contributed by atoms with Crippen molar-refractivity contribution in [3.05, 3.63) is 34.6 Å². The molecule has 0 aliphatic carbocycles. The molecule has 0 saturated carbocycles. The van der Waals surface area contributed by atoms with E-state index < -0.39 is 0 Å². The van der Waals surface area contributed by atoms with Gasteiger partial charge in [0.1, 0.15) is 5.82 Å². The smallest absolute Gasteiger partial charge is 0.129 e. The maximum Gasteiger partial charge on any atom is 0.129 e. The molecule has 1 heterocycles. The SMILES string of the molecule is CCCNCC1CCCCN(C)C1c1ccc(Cl)cc1F. The Morgan fingerprint density at radius 2 is 2.19 bits per heavy atom. The molecule has 0 bridgehead atoms. The van der Waals surface area contributed by atoms with Gasteiger partial charge in [0.05, 0.1) is 0 Å². The fraction of sp³-hybridized carbons (Fsp3) is 0.647. The summed E-state index contributed by atoms with van der Waals surface area (Å²) in [4.78, 5) is 2.30. The third-order valence-electron chi connectivity index (χ3n) is 4.37. The Bertz CT molecular complexity index is 452. The molecule has 2 atom stereocenters. The summed E-state index contributed by atoms with van der Waals surface area (Å²) in [6, 6.07) is 5.23. The Balaban J connectivity index is 2.23. The molecule has 4 heteroatoms. The average Bonchev–Trinajstić information content (AvgIpc) is 2.62. The predicted molar refractivity (Wildman–Crippen MR) is 87.3 cm³/mol. The van der Waals surface area contributed by atoms with E-state index in [4.69, 9.17) is 11.6 Å². The van der Waals surface area contributed by atoms with E-state index in [2.05, 4.69) is 24.2 Å². The van der Waals surface area contributed by atoms with Crippen molar-refractivity contribution in [2.75, 3.05) is 26.7 Å². The van der Waals surface area contributed by atoms with Crippen LogP contribution >= 0.6 is 11.6 Å². The van der Waals surface area contributed by atoms with Crippen LogP contribution in [0.2, 0.25) is 5.02 Å². The summed E-state index contributed by atoms with van der Waals surface area (Å²) >= 11 is 5.90. The molecular formula is C17H26ClFN2. The summed E-state index contributed by atoms with van der Waals surface area (Å²) in [6.45, 7) is 5.17. The van der Waals surface area contributed by atoms with Crippen LogP contribution in [-0.4, -0.2) is 31.6 Å². The summed E-state index contributed by atoms with van der Waals surface area (Å²) in [5, 5.41) is 3.97. The van der Waals surface area contributed by atoms with Gasteiger partial charge in [0, 0.05) is 16.6 Å². The summed E-state index contributed by atoms with van der Waals surface area (Å²) in [6.07, 6.45) is 4.68. The lowest BCUT2D eigenvalue weighted by atomic mass is 9.89. The van der Waals surface area contributed by atoms with Crippen LogP contribution in [0.4, 0.5) is 4.39 Å². The molecule has 1 saturated heterocycles. The third-order valence-corrected chi connectivity index (χ3v) is 4.61. The summed E-state index contributed by atoms with van der Waals surface area (Å²) in [5.74, 6) is 0.265. The maximum atomic E-state index is 14.4. The van der Waals surface area contributed by atoms with E-state index in [1.165, 1.54) is 18.9 Å². The number of hydrogen-bond donors (Lipinski definition) is 1. The lowest BCUT2D eigenvalue weighted by Crippen LogP contribution is -2.35. The largest absolute Gasteiger partial charge is 0.316 e. The Kier molecular flexibility index (Phi) is 6.46. The summed E-state index contributed by atoms with van der Waals surface area (Å²) < 4.78 is 14.4. The predicted octanol–water partition coefficient (Wildman–Crippen LogP) is 4.25. The minimum atomic E-state index is -0.179. The zero-order valence-corrected chi connectivity index (χ0v) is 13.8. The second-order valence-electron chi connectivity index (χ2n) is 6.05. The van der Waals surface area contributed by atoms with Crippen molar-refractivity contribution >= 4 is 11.6 Å². The molecule has 1 fully saturated rings. The molecule has 2 rings (SSSR count). The first-order valence-corrected chi connectivity index (χ1v) is 8.37. The molecule has 1 aliphatic rings. The standard InChI is InChI=1S/C17H26ClFN2/c1-3-9-20-12-13-6-4-5-10-21(2)17(13)15-8-7-14(18)11-16(15)19/h7-8,11,13,17,20H,3-6,9-10,12H2,1-2H3. The highest BCUT2D eigenvalue weighted by Crippen LogP contribution is 2.35. The van der Waals surface area contributed by atoms with Crippen LogP contribution in [0.15, 0.2) is 18.2 Å². The van der Waals surface area contributed by atoms with Crippen LogP contribution in [0.25, 0.3) is 0 Å². The van der Waals surface area contributed by atoms with Crippen LogP contribution in [-0.2, 0) is 0 Å². The van der Waals surface area contributed by atoms with Gasteiger partial charge in [0.2, 0.25) is 0 Å². The number of nitrogens with zero attached hydrogens (tertiary/aromatic N) is 1. The van der Waals surface area contributed by atoms with E-state index in [1.807, 2.05) is 6.07 Å². The maximum absolute atomic E-state index is 14.4. The molecule has 1 aromatic rings. The summed E-state index contributed by atoms with van der Waals surface area (Å²) in [7, 11) is 2.11. The van der Waals surface area contributed by atoms with Crippen LogP contribution < -0.4 is 5.32 Å². The molecule has 2 unspecified atom stereocenters. The number of nitrogens with one attached hydrogen (secondary N) is 1. The van der Waals surface area contributed by atoms with E-state index >= 15 is 0 Å². The fourth-order valence-corrected chi connectivity index (χ4v) is 3.49. The van der Waals surface area contributed by atoms with E-state index in [-0.39, 0.29) is 11.9 Å². The van der Waals surface area contributed by atoms with Crippen LogP contribution in [0, 0.1) is 11.7 Å². The van der Waals surface area contributed by atoms with Crippen LogP contribution in [0.1, 0.15) is 44.2 Å². The molecule has 118 valence electrons. The fourth-order valence-electron chi connectivity index (χ4n) is 3.34. The van der Waals surface area contributed by atoms with Gasteiger partial charge in [-0.2, -0.15) is 0 Å². The van der Waals surface area contributed by atoms with E-state index in [0.717, 1.165) is 38.0 Å². The quantitative estimate of drug-likeness (QED) is 0.818. The van der Waals surface area contributed by atoms with Crippen molar-refractivity contribution < 1.29 is 4.39 Å². The first kappa shape index (κ1) is 16.7. The molecule has 1 aromatic carbocycles. The molecule has 0 spiro atoms. The van der Waals surface area contributed by atoms with Gasteiger partial charge in [0.15, 0.2) is 0 Å². The van der Waals surface area contributed by atoms with Crippen LogP contribution in [0.5, 0.6) is 0 Å². The minimum absolute atomic E-state index is 0.133. The zero-order valence-electron chi connectivity index (χ0n) is 13.0. The van der Waals surface area contributed by atoms with Gasteiger partial charge in [-0.25, -0.2) is 4.39 Å². The number of halogens is 2. The lowest BCUT2D eigenvalue weighted by molar-refractivity contribution is 0.184. The van der Waals surface area contributed by atoms with Gasteiger partial charge in [-0.1, -0.05) is 31.0 Å². The summed E-state index contributed by atoms with van der Waals surface area (Å²) in [5.41, 5.74) is 0.784. The van der Waals surface area contributed by atoms with Gasteiger partial charge in [-0.15, -0.1) is 0 Å². The molecule has 1 aliphatic heterocycles. The number of benzene rings is 1.